The van der Waals surface area contributed by atoms with Gasteiger partial charge in [0.2, 0.25) is 0 Å². The van der Waals surface area contributed by atoms with Gasteiger partial charge >= 0.3 is 11.6 Å². The maximum Gasteiger partial charge on any atom is 0.434 e. The molecule has 116 valence electrons. The molecule has 0 radical (unpaired) electrons. The number of imidazole rings is 1. The summed E-state index contributed by atoms with van der Waals surface area (Å²) in [7, 11) is 1.45. The number of ether oxygens (including phenoxy) is 1. The maximum atomic E-state index is 11.0. The molecule has 0 spiro atoms. The van der Waals surface area contributed by atoms with Gasteiger partial charge in [-0.05, 0) is 16.6 Å². The average molecular weight is 308 g/mol. The third-order valence-corrected chi connectivity index (χ3v) is 3.00. The van der Waals surface area contributed by atoms with E-state index in [2.05, 4.69) is 4.98 Å². The molecular formula is C12H12N4O6. The van der Waals surface area contributed by atoms with Crippen molar-refractivity contribution in [2.24, 2.45) is 7.05 Å². The zero-order valence-corrected chi connectivity index (χ0v) is 11.5. The van der Waals surface area contributed by atoms with Gasteiger partial charge in [-0.2, -0.15) is 0 Å². The van der Waals surface area contributed by atoms with Gasteiger partial charge in [-0.3, -0.25) is 10.1 Å². The molecule has 0 aliphatic heterocycles. The summed E-state index contributed by atoms with van der Waals surface area (Å²) in [4.78, 5) is 24.1. The third kappa shape index (κ3) is 3.01. The van der Waals surface area contributed by atoms with E-state index in [4.69, 9.17) is 9.84 Å². The summed E-state index contributed by atoms with van der Waals surface area (Å²) in [6.07, 6.45) is 1.27. The first-order valence-electron chi connectivity index (χ1n) is 6.10. The van der Waals surface area contributed by atoms with Crippen molar-refractivity contribution in [2.45, 2.75) is 13.2 Å². The number of hydrogen-bond donors (Lipinski definition) is 1. The van der Waals surface area contributed by atoms with Crippen LogP contribution in [-0.4, -0.2) is 24.5 Å². The summed E-state index contributed by atoms with van der Waals surface area (Å²) in [5, 5.41) is 30.7. The van der Waals surface area contributed by atoms with Gasteiger partial charge in [0.25, 0.3) is 0 Å². The molecule has 0 aliphatic carbocycles. The van der Waals surface area contributed by atoms with Crippen LogP contribution < -0.4 is 4.74 Å². The van der Waals surface area contributed by atoms with Crippen LogP contribution in [-0.2, 0) is 20.3 Å². The molecule has 1 aromatic heterocycles. The number of rotatable bonds is 6. The summed E-state index contributed by atoms with van der Waals surface area (Å²) in [5.74, 6) is -0.338. The fourth-order valence-electron chi connectivity index (χ4n) is 1.82. The highest BCUT2D eigenvalue weighted by Gasteiger charge is 2.20. The molecule has 0 atom stereocenters. The highest BCUT2D eigenvalue weighted by atomic mass is 16.6. The van der Waals surface area contributed by atoms with Crippen LogP contribution in [0.5, 0.6) is 5.75 Å². The zero-order valence-electron chi connectivity index (χ0n) is 11.5. The quantitative estimate of drug-likeness (QED) is 0.628. The molecule has 0 saturated heterocycles. The number of nitro groups is 2. The largest absolute Gasteiger partial charge is 0.479 e. The molecule has 0 saturated carbocycles. The second-order valence-electron chi connectivity index (χ2n) is 4.37. The van der Waals surface area contributed by atoms with Crippen LogP contribution >= 0.6 is 0 Å². The average Bonchev–Trinajstić information content (AvgIpc) is 2.86. The Hall–Kier alpha value is -3.01. The molecular weight excluding hydrogens is 296 g/mol. The lowest BCUT2D eigenvalue weighted by Gasteiger charge is -2.07. The molecule has 1 aromatic carbocycles. The minimum absolute atomic E-state index is 0.00560. The van der Waals surface area contributed by atoms with Crippen LogP contribution in [0.4, 0.5) is 11.6 Å². The summed E-state index contributed by atoms with van der Waals surface area (Å²) in [6.45, 7) is -0.439. The monoisotopic (exact) mass is 308 g/mol. The maximum absolute atomic E-state index is 11.0. The Morgan fingerprint density at radius 2 is 2.05 bits per heavy atom. The minimum Gasteiger partial charge on any atom is -0.479 e. The lowest BCUT2D eigenvalue weighted by molar-refractivity contribution is -0.396. The van der Waals surface area contributed by atoms with Crippen molar-refractivity contribution < 1.29 is 19.7 Å². The molecule has 0 amide bonds. The lowest BCUT2D eigenvalue weighted by atomic mass is 10.2. The van der Waals surface area contributed by atoms with Crippen LogP contribution in [0.2, 0.25) is 0 Å². The first-order chi connectivity index (χ1) is 10.4. The van der Waals surface area contributed by atoms with Crippen molar-refractivity contribution in [2.75, 3.05) is 0 Å². The van der Waals surface area contributed by atoms with Crippen molar-refractivity contribution in [1.82, 2.24) is 9.55 Å². The topological polar surface area (TPSA) is 134 Å². The molecule has 10 heteroatoms. The van der Waals surface area contributed by atoms with Crippen LogP contribution in [0.15, 0.2) is 24.4 Å². The van der Waals surface area contributed by atoms with Gasteiger partial charge in [0.15, 0.2) is 11.4 Å². The summed E-state index contributed by atoms with van der Waals surface area (Å²) in [6, 6.07) is 4.07. The second kappa shape index (κ2) is 6.18. The Bertz CT molecular complexity index is 726. The van der Waals surface area contributed by atoms with Crippen LogP contribution in [0.3, 0.4) is 0 Å². The molecule has 1 heterocycles. The molecule has 0 bridgehead atoms. The molecule has 2 rings (SSSR count). The minimum atomic E-state index is -0.637. The number of aliphatic hydroxyl groups excluding tert-OH is 1. The predicted molar refractivity (Wildman–Crippen MR) is 73.2 cm³/mol. The van der Waals surface area contributed by atoms with E-state index in [1.54, 1.807) is 0 Å². The van der Waals surface area contributed by atoms with Crippen LogP contribution in [0.1, 0.15) is 11.3 Å². The lowest BCUT2D eigenvalue weighted by Crippen LogP contribution is -2.06. The van der Waals surface area contributed by atoms with E-state index >= 15 is 0 Å². The fraction of sp³-hybridized carbons (Fsp3) is 0.250. The second-order valence-corrected chi connectivity index (χ2v) is 4.37. The van der Waals surface area contributed by atoms with E-state index in [-0.39, 0.29) is 30.6 Å². The van der Waals surface area contributed by atoms with Crippen molar-refractivity contribution in [1.29, 1.82) is 0 Å². The molecule has 0 aliphatic rings. The standard InChI is InChI=1S/C12H12N4O6/c1-14-9(5-13-12(14)16(20)21)7-22-11-3-2-8(6-17)4-10(11)15(18)19/h2-5,17H,6-7H2,1H3. The van der Waals surface area contributed by atoms with E-state index in [1.807, 2.05) is 0 Å². The Morgan fingerprint density at radius 1 is 1.32 bits per heavy atom. The van der Waals surface area contributed by atoms with E-state index in [0.29, 0.717) is 11.3 Å². The third-order valence-electron chi connectivity index (χ3n) is 3.00. The van der Waals surface area contributed by atoms with Crippen LogP contribution in [0, 0.1) is 20.2 Å². The first kappa shape index (κ1) is 15.4. The Balaban J connectivity index is 2.21. The molecule has 22 heavy (non-hydrogen) atoms. The van der Waals surface area contributed by atoms with Crippen molar-refractivity contribution in [3.8, 4) is 5.75 Å². The van der Waals surface area contributed by atoms with Gasteiger partial charge in [-0.25, -0.2) is 4.57 Å². The van der Waals surface area contributed by atoms with Crippen molar-refractivity contribution >= 4 is 11.6 Å². The highest BCUT2D eigenvalue weighted by Crippen LogP contribution is 2.29. The number of aromatic nitrogens is 2. The van der Waals surface area contributed by atoms with Gasteiger partial charge in [-0.15, -0.1) is 0 Å². The summed E-state index contributed by atoms with van der Waals surface area (Å²) < 4.78 is 6.58. The predicted octanol–water partition coefficient (Wildman–Crippen LogP) is 1.31. The smallest absolute Gasteiger partial charge is 0.434 e. The first-order valence-corrected chi connectivity index (χ1v) is 6.10. The van der Waals surface area contributed by atoms with Gasteiger partial charge < -0.3 is 20.0 Å². The van der Waals surface area contributed by atoms with E-state index in [0.717, 1.165) is 0 Å². The van der Waals surface area contributed by atoms with E-state index in [9.17, 15) is 20.2 Å². The molecule has 2 aromatic rings. The normalized spacial score (nSPS) is 10.5. The number of nitro benzene ring substituents is 1. The van der Waals surface area contributed by atoms with Crippen molar-refractivity contribution in [3.63, 3.8) is 0 Å². The van der Waals surface area contributed by atoms with Gasteiger partial charge in [0, 0.05) is 6.07 Å². The summed E-state index contributed by atoms with van der Waals surface area (Å²) >= 11 is 0. The molecule has 0 unspecified atom stereocenters. The highest BCUT2D eigenvalue weighted by molar-refractivity contribution is 5.48. The fourth-order valence-corrected chi connectivity index (χ4v) is 1.82. The number of aliphatic hydroxyl groups is 1. The van der Waals surface area contributed by atoms with Crippen LogP contribution in [0.25, 0.3) is 0 Å². The van der Waals surface area contributed by atoms with E-state index in [1.165, 1.54) is 36.0 Å². The Labute approximate surface area is 123 Å². The SMILES string of the molecule is Cn1c(COc2ccc(CO)cc2[N+](=O)[O-])cnc1[N+](=O)[O-]. The molecule has 10 nitrogen and oxygen atoms in total. The van der Waals surface area contributed by atoms with Gasteiger partial charge in [0.05, 0.1) is 18.6 Å². The summed E-state index contributed by atoms with van der Waals surface area (Å²) in [5.41, 5.74) is 0.491. The number of nitrogens with zero attached hydrogens (tertiary/aromatic N) is 4. The van der Waals surface area contributed by atoms with Crippen molar-refractivity contribution in [3.05, 3.63) is 55.9 Å². The van der Waals surface area contributed by atoms with E-state index < -0.39 is 9.85 Å². The molecule has 1 N–H and O–H groups in total. The number of benzene rings is 1. The van der Waals surface area contributed by atoms with Gasteiger partial charge in [-0.1, -0.05) is 11.1 Å². The Morgan fingerprint density at radius 3 is 2.59 bits per heavy atom. The van der Waals surface area contributed by atoms with Gasteiger partial charge in [0.1, 0.15) is 12.8 Å². The number of hydrogen-bond acceptors (Lipinski definition) is 7. The zero-order chi connectivity index (χ0) is 16.3. The Kier molecular flexibility index (Phi) is 4.32. The molecule has 0 fully saturated rings.